The summed E-state index contributed by atoms with van der Waals surface area (Å²) in [6.07, 6.45) is -2.68. The average molecular weight is 415 g/mol. The summed E-state index contributed by atoms with van der Waals surface area (Å²) in [6.45, 7) is 8.96. The molecule has 0 aromatic rings. The van der Waals surface area contributed by atoms with Gasteiger partial charge in [-0.2, -0.15) is 0 Å². The van der Waals surface area contributed by atoms with E-state index in [0.717, 1.165) is 0 Å². The Bertz CT molecular complexity index is 748. The summed E-state index contributed by atoms with van der Waals surface area (Å²) >= 11 is 5.97. The Morgan fingerprint density at radius 1 is 1.43 bits per heavy atom. The van der Waals surface area contributed by atoms with Crippen LogP contribution in [0.1, 0.15) is 19.8 Å². The first-order chi connectivity index (χ1) is 13.0. The van der Waals surface area contributed by atoms with E-state index >= 15 is 0 Å². The maximum Gasteiger partial charge on any atom is 0.334 e. The molecule has 8 atom stereocenters. The molecule has 1 heterocycles. The molecule has 0 aromatic heterocycles. The predicted octanol–water partition coefficient (Wildman–Crippen LogP) is 0.643. The first-order valence-electron chi connectivity index (χ1n) is 9.00. The topological polar surface area (TPSA) is 130 Å². The van der Waals surface area contributed by atoms with Crippen LogP contribution in [-0.4, -0.2) is 63.0 Å². The second kappa shape index (κ2) is 7.17. The van der Waals surface area contributed by atoms with E-state index in [1.54, 1.807) is 0 Å². The largest absolute Gasteiger partial charge is 0.481 e. The SMILES string of the molecule is C=C1CC(OC(=O)C(C)C(=O)O)C2C(=C)C(=O)OC2C2C1CC(O)C2(O)CCl. The summed E-state index contributed by atoms with van der Waals surface area (Å²) in [6, 6.07) is 0. The van der Waals surface area contributed by atoms with Crippen LogP contribution in [0.5, 0.6) is 0 Å². The minimum atomic E-state index is -1.71. The number of aliphatic hydroxyl groups excluding tert-OH is 1. The average Bonchev–Trinajstić information content (AvgIpc) is 3.03. The van der Waals surface area contributed by atoms with Crippen LogP contribution in [0.3, 0.4) is 0 Å². The lowest BCUT2D eigenvalue weighted by molar-refractivity contribution is -0.165. The van der Waals surface area contributed by atoms with Crippen LogP contribution >= 0.6 is 11.6 Å². The molecule has 1 saturated heterocycles. The molecule has 8 nitrogen and oxygen atoms in total. The summed E-state index contributed by atoms with van der Waals surface area (Å²) in [5, 5.41) is 30.5. The fraction of sp³-hybridized carbons (Fsp3) is 0.632. The van der Waals surface area contributed by atoms with E-state index in [-0.39, 0.29) is 24.3 Å². The summed E-state index contributed by atoms with van der Waals surface area (Å²) in [5.74, 6) is -6.60. The molecule has 1 aliphatic heterocycles. The van der Waals surface area contributed by atoms with Crippen LogP contribution in [0.2, 0.25) is 0 Å². The maximum atomic E-state index is 12.2. The fourth-order valence-corrected chi connectivity index (χ4v) is 4.97. The minimum absolute atomic E-state index is 0.0672. The first-order valence-corrected chi connectivity index (χ1v) is 9.53. The number of hydrogen-bond acceptors (Lipinski definition) is 7. The Morgan fingerprint density at radius 2 is 2.07 bits per heavy atom. The number of carbonyl (C=O) groups excluding carboxylic acids is 2. The quantitative estimate of drug-likeness (QED) is 0.201. The monoisotopic (exact) mass is 414 g/mol. The van der Waals surface area contributed by atoms with Crippen LogP contribution in [0.25, 0.3) is 0 Å². The Hall–Kier alpha value is -1.90. The number of carboxylic acid groups (broad SMARTS) is 1. The van der Waals surface area contributed by atoms with E-state index in [2.05, 4.69) is 13.2 Å². The summed E-state index contributed by atoms with van der Waals surface area (Å²) in [5.41, 5.74) is -1.04. The molecular weight excluding hydrogens is 392 g/mol. The molecule has 2 saturated carbocycles. The zero-order valence-corrected chi connectivity index (χ0v) is 16.1. The summed E-state index contributed by atoms with van der Waals surface area (Å²) in [7, 11) is 0. The van der Waals surface area contributed by atoms with Gasteiger partial charge < -0.3 is 24.8 Å². The van der Waals surface area contributed by atoms with Crippen molar-refractivity contribution in [2.24, 2.45) is 23.7 Å². The Labute approximate surface area is 166 Å². The molecule has 8 unspecified atom stereocenters. The lowest BCUT2D eigenvalue weighted by atomic mass is 9.76. The zero-order valence-electron chi connectivity index (χ0n) is 15.3. The number of esters is 2. The van der Waals surface area contributed by atoms with Crippen molar-refractivity contribution in [3.05, 3.63) is 24.3 Å². The number of ether oxygens (including phenoxy) is 2. The van der Waals surface area contributed by atoms with Crippen LogP contribution < -0.4 is 0 Å². The first kappa shape index (κ1) is 20.8. The Kier molecular flexibility index (Phi) is 5.33. The van der Waals surface area contributed by atoms with E-state index in [0.29, 0.717) is 5.57 Å². The zero-order chi connectivity index (χ0) is 21.0. The number of carboxylic acids is 1. The molecule has 28 heavy (non-hydrogen) atoms. The number of alkyl halides is 1. The number of rotatable bonds is 4. The molecule has 154 valence electrons. The van der Waals surface area contributed by atoms with Crippen molar-refractivity contribution in [1.82, 2.24) is 0 Å². The van der Waals surface area contributed by atoms with E-state index in [1.165, 1.54) is 6.92 Å². The standard InChI is InChI=1S/C19H23ClO8/c1-7-4-11(27-18(25)9(3)16(22)23)13-8(2)17(24)28-15(13)14-10(7)5-12(21)19(14,26)6-20/h9-15,21,26H,1-2,4-6H2,3H3,(H,22,23). The Morgan fingerprint density at radius 3 is 2.64 bits per heavy atom. The van der Waals surface area contributed by atoms with Gasteiger partial charge >= 0.3 is 17.9 Å². The number of aliphatic hydroxyl groups is 2. The van der Waals surface area contributed by atoms with Gasteiger partial charge in [0, 0.05) is 17.9 Å². The molecule has 0 radical (unpaired) electrons. The van der Waals surface area contributed by atoms with E-state index in [1.807, 2.05) is 0 Å². The highest BCUT2D eigenvalue weighted by molar-refractivity contribution is 6.18. The summed E-state index contributed by atoms with van der Waals surface area (Å²) < 4.78 is 10.9. The molecule has 3 fully saturated rings. The van der Waals surface area contributed by atoms with Crippen molar-refractivity contribution in [2.45, 2.75) is 43.7 Å². The van der Waals surface area contributed by atoms with Crippen molar-refractivity contribution >= 4 is 29.5 Å². The highest BCUT2D eigenvalue weighted by Crippen LogP contribution is 2.55. The molecule has 3 N–H and O–H groups in total. The van der Waals surface area contributed by atoms with Crippen LogP contribution in [0.4, 0.5) is 0 Å². The fourth-order valence-electron chi connectivity index (χ4n) is 4.62. The van der Waals surface area contributed by atoms with Crippen LogP contribution in [0.15, 0.2) is 24.3 Å². The molecule has 0 bridgehead atoms. The molecule has 3 aliphatic rings. The van der Waals surface area contributed by atoms with Crippen molar-refractivity contribution in [3.63, 3.8) is 0 Å². The lowest BCUT2D eigenvalue weighted by Crippen LogP contribution is -2.52. The van der Waals surface area contributed by atoms with Crippen LogP contribution in [0, 0.1) is 23.7 Å². The maximum absolute atomic E-state index is 12.2. The van der Waals surface area contributed by atoms with Gasteiger partial charge in [0.05, 0.1) is 17.9 Å². The van der Waals surface area contributed by atoms with E-state index in [4.69, 9.17) is 26.2 Å². The van der Waals surface area contributed by atoms with Gasteiger partial charge in [-0.25, -0.2) is 4.79 Å². The predicted molar refractivity (Wildman–Crippen MR) is 96.2 cm³/mol. The third-order valence-corrected chi connectivity index (χ3v) is 6.70. The minimum Gasteiger partial charge on any atom is -0.481 e. The Balaban J connectivity index is 2.00. The number of carbonyl (C=O) groups is 3. The molecule has 0 spiro atoms. The molecule has 3 rings (SSSR count). The molecule has 0 amide bonds. The summed E-state index contributed by atoms with van der Waals surface area (Å²) in [4.78, 5) is 35.5. The number of hydrogen-bond donors (Lipinski definition) is 3. The number of aliphatic carboxylic acids is 1. The van der Waals surface area contributed by atoms with Crippen molar-refractivity contribution in [3.8, 4) is 0 Å². The van der Waals surface area contributed by atoms with Crippen molar-refractivity contribution in [1.29, 1.82) is 0 Å². The van der Waals surface area contributed by atoms with Crippen LogP contribution in [-0.2, 0) is 23.9 Å². The van der Waals surface area contributed by atoms with Gasteiger partial charge in [0.2, 0.25) is 0 Å². The highest BCUT2D eigenvalue weighted by Gasteiger charge is 2.64. The van der Waals surface area contributed by atoms with Gasteiger partial charge in [0.1, 0.15) is 17.8 Å². The van der Waals surface area contributed by atoms with E-state index in [9.17, 15) is 24.6 Å². The molecule has 9 heteroatoms. The molecular formula is C19H23ClO8. The normalized spacial score (nSPS) is 40.9. The van der Waals surface area contributed by atoms with Crippen molar-refractivity contribution < 1.29 is 39.2 Å². The number of halogens is 1. The van der Waals surface area contributed by atoms with Gasteiger partial charge in [0.25, 0.3) is 0 Å². The van der Waals surface area contributed by atoms with Crippen molar-refractivity contribution in [2.75, 3.05) is 5.88 Å². The smallest absolute Gasteiger partial charge is 0.334 e. The second-order valence-corrected chi connectivity index (χ2v) is 8.09. The second-order valence-electron chi connectivity index (χ2n) is 7.83. The van der Waals surface area contributed by atoms with Gasteiger partial charge in [-0.05, 0) is 19.3 Å². The highest BCUT2D eigenvalue weighted by atomic mass is 35.5. The third-order valence-electron chi connectivity index (χ3n) is 6.27. The molecule has 0 aromatic carbocycles. The van der Waals surface area contributed by atoms with Gasteiger partial charge in [-0.15, -0.1) is 11.6 Å². The van der Waals surface area contributed by atoms with E-state index < -0.39 is 65.5 Å². The molecule has 2 aliphatic carbocycles. The van der Waals surface area contributed by atoms with Gasteiger partial charge in [0.15, 0.2) is 5.92 Å². The third kappa shape index (κ3) is 3.03. The van der Waals surface area contributed by atoms with Gasteiger partial charge in [-0.1, -0.05) is 18.7 Å². The number of fused-ring (bicyclic) bond motifs is 3. The lowest BCUT2D eigenvalue weighted by Gasteiger charge is -2.37. The van der Waals surface area contributed by atoms with Gasteiger partial charge in [-0.3, -0.25) is 9.59 Å².